The molecule has 2 fully saturated rings. The van der Waals surface area contributed by atoms with Crippen molar-refractivity contribution in [3.05, 3.63) is 0 Å². The highest BCUT2D eigenvalue weighted by Gasteiger charge is 2.52. The zero-order chi connectivity index (χ0) is 12.8. The maximum Gasteiger partial charge on any atom is 0.412 e. The molecule has 1 amide bonds. The lowest BCUT2D eigenvalue weighted by atomic mass is 10.2. The Balaban J connectivity index is 2.15. The summed E-state index contributed by atoms with van der Waals surface area (Å²) in [5, 5.41) is 3.24. The van der Waals surface area contributed by atoms with Crippen LogP contribution in [0.15, 0.2) is 0 Å². The molecular weight excluding hydrogens is 220 g/mol. The van der Waals surface area contributed by atoms with Gasteiger partial charge in [-0.05, 0) is 34.6 Å². The molecule has 0 saturated carbocycles. The number of carbonyl (C=O) groups excluding carboxylic acids is 1. The Bertz CT molecular complexity index is 322. The van der Waals surface area contributed by atoms with Gasteiger partial charge in [0.2, 0.25) is 0 Å². The van der Waals surface area contributed by atoms with Gasteiger partial charge in [0, 0.05) is 13.1 Å². The number of carbonyl (C=O) groups is 1. The number of hydrogen-bond acceptors (Lipinski definition) is 4. The zero-order valence-corrected chi connectivity index (χ0v) is 11.2. The molecule has 0 aromatic rings. The van der Waals surface area contributed by atoms with Crippen molar-refractivity contribution >= 4 is 6.09 Å². The number of ether oxygens (including phenoxy) is 2. The molecule has 0 aliphatic carbocycles. The largest absolute Gasteiger partial charge is 0.444 e. The third kappa shape index (κ3) is 2.40. The predicted octanol–water partition coefficient (Wildman–Crippen LogP) is 1.33. The van der Waals surface area contributed by atoms with E-state index >= 15 is 0 Å². The molecule has 98 valence electrons. The predicted molar refractivity (Wildman–Crippen MR) is 63.7 cm³/mol. The van der Waals surface area contributed by atoms with Gasteiger partial charge in [-0.1, -0.05) is 0 Å². The fourth-order valence-corrected chi connectivity index (χ4v) is 2.51. The fourth-order valence-electron chi connectivity index (χ4n) is 2.51. The summed E-state index contributed by atoms with van der Waals surface area (Å²) < 4.78 is 11.3. The topological polar surface area (TPSA) is 50.8 Å². The zero-order valence-electron chi connectivity index (χ0n) is 11.2. The van der Waals surface area contributed by atoms with E-state index in [2.05, 4.69) is 5.32 Å². The summed E-state index contributed by atoms with van der Waals surface area (Å²) in [4.78, 5) is 13.9. The van der Waals surface area contributed by atoms with Gasteiger partial charge in [-0.15, -0.1) is 0 Å². The molecule has 0 aromatic carbocycles. The molecule has 2 heterocycles. The second-order valence-electron chi connectivity index (χ2n) is 6.18. The normalized spacial score (nSPS) is 31.5. The summed E-state index contributed by atoms with van der Waals surface area (Å²) >= 11 is 0. The van der Waals surface area contributed by atoms with Crippen molar-refractivity contribution in [3.63, 3.8) is 0 Å². The summed E-state index contributed by atoms with van der Waals surface area (Å²) in [6, 6.07) is 0.0832. The fraction of sp³-hybridized carbons (Fsp3) is 0.917. The first kappa shape index (κ1) is 12.6. The Morgan fingerprint density at radius 3 is 2.65 bits per heavy atom. The van der Waals surface area contributed by atoms with Crippen LogP contribution in [0.25, 0.3) is 0 Å². The molecule has 0 aromatic heterocycles. The van der Waals surface area contributed by atoms with Crippen molar-refractivity contribution in [1.82, 2.24) is 10.2 Å². The first-order chi connectivity index (χ1) is 7.71. The Hall–Kier alpha value is -0.810. The van der Waals surface area contributed by atoms with Gasteiger partial charge in [0.05, 0.1) is 12.1 Å². The lowest BCUT2D eigenvalue weighted by Gasteiger charge is -2.34. The summed E-state index contributed by atoms with van der Waals surface area (Å²) in [5.41, 5.74) is -1.06. The second kappa shape index (κ2) is 3.85. The van der Waals surface area contributed by atoms with E-state index in [1.165, 1.54) is 0 Å². The van der Waals surface area contributed by atoms with Crippen LogP contribution in [0.2, 0.25) is 0 Å². The van der Waals surface area contributed by atoms with Crippen molar-refractivity contribution < 1.29 is 14.3 Å². The van der Waals surface area contributed by atoms with Crippen LogP contribution in [0.4, 0.5) is 4.79 Å². The van der Waals surface area contributed by atoms with E-state index < -0.39 is 11.3 Å². The van der Waals surface area contributed by atoms with Crippen LogP contribution >= 0.6 is 0 Å². The molecule has 2 atom stereocenters. The Morgan fingerprint density at radius 1 is 1.41 bits per heavy atom. The van der Waals surface area contributed by atoms with E-state index in [0.717, 1.165) is 13.1 Å². The molecule has 2 aliphatic rings. The van der Waals surface area contributed by atoms with Crippen LogP contribution in [0.5, 0.6) is 0 Å². The van der Waals surface area contributed by atoms with Crippen LogP contribution in [-0.2, 0) is 9.47 Å². The van der Waals surface area contributed by atoms with E-state index in [1.807, 2.05) is 34.6 Å². The molecule has 0 spiro atoms. The van der Waals surface area contributed by atoms with Crippen LogP contribution < -0.4 is 5.32 Å². The number of fused-ring (bicyclic) bond motifs is 1. The highest BCUT2D eigenvalue weighted by Crippen LogP contribution is 2.34. The smallest absolute Gasteiger partial charge is 0.412 e. The third-order valence-corrected chi connectivity index (χ3v) is 3.07. The first-order valence-electron chi connectivity index (χ1n) is 6.11. The summed E-state index contributed by atoms with van der Waals surface area (Å²) in [6.07, 6.45) is -0.212. The van der Waals surface area contributed by atoms with Gasteiger partial charge < -0.3 is 14.8 Å². The molecule has 5 nitrogen and oxygen atoms in total. The Morgan fingerprint density at radius 2 is 2.06 bits per heavy atom. The van der Waals surface area contributed by atoms with Crippen LogP contribution in [0.3, 0.4) is 0 Å². The molecular formula is C12H22N2O3. The lowest BCUT2D eigenvalue weighted by molar-refractivity contribution is -0.0799. The molecule has 0 radical (unpaired) electrons. The maximum absolute atomic E-state index is 12.2. The standard InChI is InChI=1S/C12H22N2O3/c1-11(2,3)17-10(15)14-8-6-13-7-9(8)16-12(14,4)5/h8-9,13H,6-7H2,1-5H3. The average molecular weight is 242 g/mol. The number of nitrogens with zero attached hydrogens (tertiary/aromatic N) is 1. The quantitative estimate of drug-likeness (QED) is 0.696. The third-order valence-electron chi connectivity index (χ3n) is 3.07. The van der Waals surface area contributed by atoms with E-state index in [0.29, 0.717) is 0 Å². The van der Waals surface area contributed by atoms with Crippen LogP contribution in [0, 0.1) is 0 Å². The van der Waals surface area contributed by atoms with Gasteiger partial charge >= 0.3 is 6.09 Å². The molecule has 2 saturated heterocycles. The van der Waals surface area contributed by atoms with E-state index in [1.54, 1.807) is 4.90 Å². The van der Waals surface area contributed by atoms with Crippen molar-refractivity contribution in [2.75, 3.05) is 13.1 Å². The first-order valence-corrected chi connectivity index (χ1v) is 6.11. The van der Waals surface area contributed by atoms with E-state index in [4.69, 9.17) is 9.47 Å². The summed E-state index contributed by atoms with van der Waals surface area (Å²) in [5.74, 6) is 0. The number of hydrogen-bond donors (Lipinski definition) is 1. The lowest BCUT2D eigenvalue weighted by Crippen LogP contribution is -2.51. The summed E-state index contributed by atoms with van der Waals surface area (Å²) in [7, 11) is 0. The average Bonchev–Trinajstić information content (AvgIpc) is 2.55. The van der Waals surface area contributed by atoms with Gasteiger partial charge in [-0.3, -0.25) is 4.90 Å². The Kier molecular flexibility index (Phi) is 2.86. The van der Waals surface area contributed by atoms with Gasteiger partial charge in [0.1, 0.15) is 11.3 Å². The number of amides is 1. The highest BCUT2D eigenvalue weighted by atomic mass is 16.6. The number of nitrogens with one attached hydrogen (secondary N) is 1. The van der Waals surface area contributed by atoms with Gasteiger partial charge in [-0.25, -0.2) is 4.79 Å². The number of rotatable bonds is 0. The van der Waals surface area contributed by atoms with Crippen molar-refractivity contribution in [3.8, 4) is 0 Å². The van der Waals surface area contributed by atoms with Crippen molar-refractivity contribution in [2.45, 2.75) is 58.1 Å². The molecule has 17 heavy (non-hydrogen) atoms. The SMILES string of the molecule is CC(C)(C)OC(=O)N1C2CNCC2OC1(C)C. The molecule has 2 unspecified atom stereocenters. The molecule has 0 bridgehead atoms. The van der Waals surface area contributed by atoms with E-state index in [9.17, 15) is 4.79 Å². The molecule has 2 rings (SSSR count). The van der Waals surface area contributed by atoms with Crippen LogP contribution in [0.1, 0.15) is 34.6 Å². The minimum Gasteiger partial charge on any atom is -0.444 e. The van der Waals surface area contributed by atoms with Crippen LogP contribution in [-0.4, -0.2) is 47.6 Å². The van der Waals surface area contributed by atoms with Gasteiger partial charge in [0.15, 0.2) is 0 Å². The highest BCUT2D eigenvalue weighted by molar-refractivity contribution is 5.70. The maximum atomic E-state index is 12.2. The van der Waals surface area contributed by atoms with E-state index in [-0.39, 0.29) is 18.2 Å². The van der Waals surface area contributed by atoms with Gasteiger partial charge in [-0.2, -0.15) is 0 Å². The van der Waals surface area contributed by atoms with Gasteiger partial charge in [0.25, 0.3) is 0 Å². The second-order valence-corrected chi connectivity index (χ2v) is 6.18. The van der Waals surface area contributed by atoms with Crippen molar-refractivity contribution in [2.24, 2.45) is 0 Å². The molecule has 2 aliphatic heterocycles. The minimum absolute atomic E-state index is 0.0810. The Labute approximate surface area is 102 Å². The van der Waals surface area contributed by atoms with Crippen molar-refractivity contribution in [1.29, 1.82) is 0 Å². The molecule has 5 heteroatoms. The monoisotopic (exact) mass is 242 g/mol. The summed E-state index contributed by atoms with van der Waals surface area (Å²) in [6.45, 7) is 11.0. The minimum atomic E-state index is -0.584. The molecule has 1 N–H and O–H groups in total.